The third kappa shape index (κ3) is 3.80. The van der Waals surface area contributed by atoms with Gasteiger partial charge in [0.2, 0.25) is 5.91 Å². The summed E-state index contributed by atoms with van der Waals surface area (Å²) in [7, 11) is 0. The largest absolute Gasteiger partial charge is 0.382 e. The van der Waals surface area contributed by atoms with Crippen LogP contribution in [-0.4, -0.2) is 32.8 Å². The van der Waals surface area contributed by atoms with Crippen molar-refractivity contribution in [2.45, 2.75) is 19.3 Å². The number of hydrogen-bond donors (Lipinski definition) is 4. The van der Waals surface area contributed by atoms with Gasteiger partial charge in [-0.1, -0.05) is 32.0 Å². The molecule has 6 N–H and O–H groups in total. The fraction of sp³-hybridized carbons (Fsp3) is 0.182. The van der Waals surface area contributed by atoms with Crippen molar-refractivity contribution in [3.63, 3.8) is 0 Å². The molecule has 0 bridgehead atoms. The van der Waals surface area contributed by atoms with Gasteiger partial charge in [0.05, 0.1) is 11.2 Å². The molecular weight excluding hydrogens is 378 g/mol. The summed E-state index contributed by atoms with van der Waals surface area (Å²) in [6, 6.07) is 17.0. The first-order valence-corrected chi connectivity index (χ1v) is 9.55. The molecule has 2 aromatic carbocycles. The van der Waals surface area contributed by atoms with E-state index in [1.54, 1.807) is 12.1 Å². The Kier molecular flexibility index (Phi) is 4.83. The first kappa shape index (κ1) is 19.4. The van der Waals surface area contributed by atoms with Crippen molar-refractivity contribution >= 4 is 28.4 Å². The number of nitrogens with one attached hydrogen (secondary N) is 2. The van der Waals surface area contributed by atoms with Gasteiger partial charge < -0.3 is 16.8 Å². The van der Waals surface area contributed by atoms with Crippen LogP contribution in [0.3, 0.4) is 0 Å². The van der Waals surface area contributed by atoms with Gasteiger partial charge in [-0.3, -0.25) is 9.89 Å². The predicted octanol–water partition coefficient (Wildman–Crippen LogP) is 3.09. The van der Waals surface area contributed by atoms with Crippen LogP contribution < -0.4 is 16.8 Å². The SMILES string of the molecule is CC(C)(CNc1ccc(-c2ccc3[nH]nc(N)c3c2)nn1)c1ccc(C(N)=O)cc1. The Labute approximate surface area is 173 Å². The lowest BCUT2D eigenvalue weighted by molar-refractivity contribution is 0.1000. The molecule has 0 saturated heterocycles. The molecule has 0 saturated carbocycles. The minimum Gasteiger partial charge on any atom is -0.382 e. The third-order valence-electron chi connectivity index (χ3n) is 5.21. The van der Waals surface area contributed by atoms with Gasteiger partial charge in [-0.15, -0.1) is 10.2 Å². The van der Waals surface area contributed by atoms with E-state index in [9.17, 15) is 4.79 Å². The fourth-order valence-electron chi connectivity index (χ4n) is 3.27. The second-order valence-electron chi connectivity index (χ2n) is 7.85. The molecule has 0 radical (unpaired) electrons. The summed E-state index contributed by atoms with van der Waals surface area (Å²) >= 11 is 0. The molecule has 152 valence electrons. The number of aromatic amines is 1. The van der Waals surface area contributed by atoms with E-state index in [2.05, 4.69) is 39.6 Å². The quantitative estimate of drug-likeness (QED) is 0.392. The number of carbonyl (C=O) groups excluding carboxylic acids is 1. The van der Waals surface area contributed by atoms with Crippen molar-refractivity contribution < 1.29 is 4.79 Å². The monoisotopic (exact) mass is 401 g/mol. The van der Waals surface area contributed by atoms with Crippen LogP contribution in [-0.2, 0) is 5.41 Å². The van der Waals surface area contributed by atoms with E-state index in [0.29, 0.717) is 23.7 Å². The Morgan fingerprint density at radius 2 is 1.83 bits per heavy atom. The van der Waals surface area contributed by atoms with E-state index < -0.39 is 5.91 Å². The molecular formula is C22H23N7O. The van der Waals surface area contributed by atoms with Crippen LogP contribution in [0.4, 0.5) is 11.6 Å². The minimum absolute atomic E-state index is 0.180. The number of amides is 1. The first-order chi connectivity index (χ1) is 14.3. The van der Waals surface area contributed by atoms with Crippen LogP contribution >= 0.6 is 0 Å². The third-order valence-corrected chi connectivity index (χ3v) is 5.21. The Hall–Kier alpha value is -3.94. The molecule has 4 rings (SSSR count). The zero-order valence-corrected chi connectivity index (χ0v) is 16.8. The number of carbonyl (C=O) groups is 1. The zero-order chi connectivity index (χ0) is 21.3. The first-order valence-electron chi connectivity index (χ1n) is 9.55. The molecule has 8 heteroatoms. The van der Waals surface area contributed by atoms with E-state index in [1.165, 1.54) is 0 Å². The summed E-state index contributed by atoms with van der Waals surface area (Å²) < 4.78 is 0. The number of H-pyrrole nitrogens is 1. The van der Waals surface area contributed by atoms with Gasteiger partial charge in [0.25, 0.3) is 0 Å². The van der Waals surface area contributed by atoms with Crippen molar-refractivity contribution in [1.29, 1.82) is 0 Å². The standard InChI is InChI=1S/C22H23N7O/c1-22(2,15-6-3-13(4-7-15)21(24)30)12-25-19-10-9-17(26-28-19)14-5-8-18-16(11-14)20(23)29-27-18/h3-11H,12H2,1-2H3,(H2,24,30)(H,25,28)(H3,23,27,29). The van der Waals surface area contributed by atoms with Crippen molar-refractivity contribution in [1.82, 2.24) is 20.4 Å². The molecule has 0 fully saturated rings. The Morgan fingerprint density at radius 1 is 1.07 bits per heavy atom. The van der Waals surface area contributed by atoms with Crippen molar-refractivity contribution in [3.05, 3.63) is 65.7 Å². The summed E-state index contributed by atoms with van der Waals surface area (Å²) in [5, 5.41) is 19.7. The van der Waals surface area contributed by atoms with Crippen LogP contribution in [0.25, 0.3) is 22.2 Å². The smallest absolute Gasteiger partial charge is 0.248 e. The molecule has 0 spiro atoms. The second-order valence-corrected chi connectivity index (χ2v) is 7.85. The van der Waals surface area contributed by atoms with Gasteiger partial charge in [-0.05, 0) is 42.0 Å². The van der Waals surface area contributed by atoms with Gasteiger partial charge in [0.15, 0.2) is 5.82 Å². The topological polar surface area (TPSA) is 136 Å². The van der Waals surface area contributed by atoms with Crippen LogP contribution in [0, 0.1) is 0 Å². The maximum atomic E-state index is 11.3. The lowest BCUT2D eigenvalue weighted by Crippen LogP contribution is -2.28. The summed E-state index contributed by atoms with van der Waals surface area (Å²) in [6.07, 6.45) is 0. The molecule has 0 aliphatic heterocycles. The highest BCUT2D eigenvalue weighted by atomic mass is 16.1. The number of fused-ring (bicyclic) bond motifs is 1. The van der Waals surface area contributed by atoms with Gasteiger partial charge >= 0.3 is 0 Å². The maximum absolute atomic E-state index is 11.3. The number of anilines is 2. The normalized spacial score (nSPS) is 11.5. The van der Waals surface area contributed by atoms with Crippen LogP contribution in [0.1, 0.15) is 29.8 Å². The number of primary amides is 1. The molecule has 8 nitrogen and oxygen atoms in total. The molecule has 0 aliphatic rings. The van der Waals surface area contributed by atoms with Gasteiger partial charge in [0.1, 0.15) is 5.82 Å². The number of aromatic nitrogens is 4. The van der Waals surface area contributed by atoms with Crippen LogP contribution in [0.5, 0.6) is 0 Å². The van der Waals surface area contributed by atoms with Crippen LogP contribution in [0.15, 0.2) is 54.6 Å². The average molecular weight is 401 g/mol. The molecule has 4 aromatic rings. The average Bonchev–Trinajstić information content (AvgIpc) is 3.13. The zero-order valence-electron chi connectivity index (χ0n) is 16.8. The highest BCUT2D eigenvalue weighted by molar-refractivity contribution is 5.93. The highest BCUT2D eigenvalue weighted by Gasteiger charge is 2.21. The molecule has 0 unspecified atom stereocenters. The number of nitrogens with two attached hydrogens (primary N) is 2. The van der Waals surface area contributed by atoms with E-state index in [4.69, 9.17) is 11.5 Å². The second kappa shape index (κ2) is 7.47. The maximum Gasteiger partial charge on any atom is 0.248 e. The highest BCUT2D eigenvalue weighted by Crippen LogP contribution is 2.26. The molecule has 30 heavy (non-hydrogen) atoms. The molecule has 2 heterocycles. The van der Waals surface area contributed by atoms with Crippen molar-refractivity contribution in [2.75, 3.05) is 17.6 Å². The van der Waals surface area contributed by atoms with Crippen LogP contribution in [0.2, 0.25) is 0 Å². The number of rotatable bonds is 6. The Balaban J connectivity index is 1.46. The van der Waals surface area contributed by atoms with E-state index in [0.717, 1.165) is 27.7 Å². The van der Waals surface area contributed by atoms with E-state index >= 15 is 0 Å². The number of benzene rings is 2. The van der Waals surface area contributed by atoms with E-state index in [-0.39, 0.29) is 5.41 Å². The van der Waals surface area contributed by atoms with E-state index in [1.807, 2.05) is 42.5 Å². The number of nitrogens with zero attached hydrogens (tertiary/aromatic N) is 3. The molecule has 2 aromatic heterocycles. The van der Waals surface area contributed by atoms with Crippen molar-refractivity contribution in [2.24, 2.45) is 5.73 Å². The number of nitrogen functional groups attached to an aromatic ring is 1. The lowest BCUT2D eigenvalue weighted by Gasteiger charge is -2.26. The van der Waals surface area contributed by atoms with Crippen molar-refractivity contribution in [3.8, 4) is 11.3 Å². The Morgan fingerprint density at radius 3 is 2.50 bits per heavy atom. The summed E-state index contributed by atoms with van der Waals surface area (Å²) in [6.45, 7) is 4.88. The molecule has 0 aliphatic carbocycles. The Bertz CT molecular complexity index is 1190. The van der Waals surface area contributed by atoms with Gasteiger partial charge in [0, 0.05) is 28.5 Å². The van der Waals surface area contributed by atoms with Gasteiger partial charge in [-0.2, -0.15) is 5.10 Å². The lowest BCUT2D eigenvalue weighted by atomic mass is 9.84. The molecule has 1 amide bonds. The molecule has 0 atom stereocenters. The predicted molar refractivity (Wildman–Crippen MR) is 118 cm³/mol. The van der Waals surface area contributed by atoms with Gasteiger partial charge in [-0.25, -0.2) is 0 Å². The summed E-state index contributed by atoms with van der Waals surface area (Å²) in [5.41, 5.74) is 15.2. The minimum atomic E-state index is -0.428. The summed E-state index contributed by atoms with van der Waals surface area (Å²) in [5.74, 6) is 0.719. The number of hydrogen-bond acceptors (Lipinski definition) is 6. The fourth-order valence-corrected chi connectivity index (χ4v) is 3.27. The summed E-state index contributed by atoms with van der Waals surface area (Å²) in [4.78, 5) is 11.3.